The largest absolute Gasteiger partial charge is 0.386 e. The quantitative estimate of drug-likeness (QED) is 0.553. The lowest BCUT2D eigenvalue weighted by Crippen LogP contribution is -2.40. The van der Waals surface area contributed by atoms with Crippen LogP contribution in [0.1, 0.15) is 20.3 Å². The van der Waals surface area contributed by atoms with Crippen LogP contribution in [0.15, 0.2) is 0 Å². The third-order valence-corrected chi connectivity index (χ3v) is 1.32. The average molecular weight is 161 g/mol. The van der Waals surface area contributed by atoms with Crippen molar-refractivity contribution in [2.24, 2.45) is 0 Å². The van der Waals surface area contributed by atoms with Crippen molar-refractivity contribution in [3.8, 4) is 0 Å². The molecule has 0 fully saturated rings. The van der Waals surface area contributed by atoms with Crippen molar-refractivity contribution in [3.05, 3.63) is 0 Å². The van der Waals surface area contributed by atoms with Crippen molar-refractivity contribution in [2.45, 2.75) is 25.9 Å². The lowest BCUT2D eigenvalue weighted by molar-refractivity contribution is -0.0310. The summed E-state index contributed by atoms with van der Waals surface area (Å²) >= 11 is 0. The zero-order chi connectivity index (χ0) is 8.74. The van der Waals surface area contributed by atoms with Crippen LogP contribution in [0, 0.1) is 0 Å². The lowest BCUT2D eigenvalue weighted by atomic mass is 10.1. The maximum atomic E-state index is 9.55. The second-order valence-electron chi connectivity index (χ2n) is 3.08. The van der Waals surface area contributed by atoms with E-state index in [4.69, 9.17) is 4.74 Å². The Kier molecular flexibility index (Phi) is 5.46. The van der Waals surface area contributed by atoms with Crippen molar-refractivity contribution in [1.29, 1.82) is 0 Å². The molecule has 11 heavy (non-hydrogen) atoms. The van der Waals surface area contributed by atoms with Gasteiger partial charge < -0.3 is 15.2 Å². The Morgan fingerprint density at radius 3 is 2.64 bits per heavy atom. The van der Waals surface area contributed by atoms with E-state index in [2.05, 4.69) is 5.32 Å². The van der Waals surface area contributed by atoms with Gasteiger partial charge >= 0.3 is 0 Å². The zero-order valence-electron chi connectivity index (χ0n) is 7.68. The molecule has 68 valence electrons. The number of ether oxygens (including phenoxy) is 1. The van der Waals surface area contributed by atoms with E-state index in [0.717, 1.165) is 13.0 Å². The summed E-state index contributed by atoms with van der Waals surface area (Å²) in [5, 5.41) is 12.5. The highest BCUT2D eigenvalue weighted by Gasteiger charge is 2.18. The number of nitrogens with one attached hydrogen (secondary N) is 1. The van der Waals surface area contributed by atoms with Crippen LogP contribution in [0.5, 0.6) is 0 Å². The fourth-order valence-electron chi connectivity index (χ4n) is 0.868. The first-order chi connectivity index (χ1) is 5.12. The predicted molar refractivity (Wildman–Crippen MR) is 45.7 cm³/mol. The van der Waals surface area contributed by atoms with Gasteiger partial charge in [0.1, 0.15) is 0 Å². The summed E-state index contributed by atoms with van der Waals surface area (Å²) in [7, 11) is 1.81. The minimum absolute atomic E-state index is 0.404. The molecule has 3 heteroatoms. The minimum Gasteiger partial charge on any atom is -0.386 e. The number of hydrogen-bond donors (Lipinski definition) is 2. The topological polar surface area (TPSA) is 41.5 Å². The smallest absolute Gasteiger partial charge is 0.0975 e. The minimum atomic E-state index is -0.732. The molecule has 1 atom stereocenters. The zero-order valence-corrected chi connectivity index (χ0v) is 7.68. The Morgan fingerprint density at radius 1 is 1.55 bits per heavy atom. The normalized spacial score (nSPS) is 16.4. The average Bonchev–Trinajstić information content (AvgIpc) is 1.87. The molecule has 0 aromatic rings. The molecular formula is C8H19NO2. The highest BCUT2D eigenvalue weighted by atomic mass is 16.5. The van der Waals surface area contributed by atoms with Crippen molar-refractivity contribution in [2.75, 3.05) is 26.8 Å². The molecule has 0 saturated heterocycles. The van der Waals surface area contributed by atoms with Crippen LogP contribution in [0.2, 0.25) is 0 Å². The molecule has 0 spiro atoms. The van der Waals surface area contributed by atoms with Gasteiger partial charge in [-0.05, 0) is 20.4 Å². The summed E-state index contributed by atoms with van der Waals surface area (Å²) in [5.41, 5.74) is -0.732. The summed E-state index contributed by atoms with van der Waals surface area (Å²) < 4.78 is 5.21. The molecule has 0 radical (unpaired) electrons. The second kappa shape index (κ2) is 5.52. The number of hydrogen-bond acceptors (Lipinski definition) is 3. The number of rotatable bonds is 6. The van der Waals surface area contributed by atoms with E-state index in [9.17, 15) is 5.11 Å². The van der Waals surface area contributed by atoms with Crippen LogP contribution in [-0.2, 0) is 4.74 Å². The molecule has 0 aliphatic rings. The van der Waals surface area contributed by atoms with Crippen LogP contribution in [0.3, 0.4) is 0 Å². The predicted octanol–water partition coefficient (Wildman–Crippen LogP) is 0.383. The fraction of sp³-hybridized carbons (Fsp3) is 1.00. The summed E-state index contributed by atoms with van der Waals surface area (Å²) in [6.45, 7) is 5.50. The van der Waals surface area contributed by atoms with Gasteiger partial charge in [-0.2, -0.15) is 0 Å². The Bertz CT molecular complexity index is 94.1. The van der Waals surface area contributed by atoms with Gasteiger partial charge in [0, 0.05) is 13.2 Å². The van der Waals surface area contributed by atoms with Crippen LogP contribution in [0.4, 0.5) is 0 Å². The Balaban J connectivity index is 3.38. The van der Waals surface area contributed by atoms with E-state index in [1.54, 1.807) is 6.92 Å². The van der Waals surface area contributed by atoms with E-state index in [-0.39, 0.29) is 0 Å². The first-order valence-corrected chi connectivity index (χ1v) is 4.07. The van der Waals surface area contributed by atoms with E-state index in [1.807, 2.05) is 14.0 Å². The van der Waals surface area contributed by atoms with Crippen molar-refractivity contribution >= 4 is 0 Å². The molecule has 0 amide bonds. The molecule has 0 heterocycles. The number of aliphatic hydroxyl groups is 1. The van der Waals surface area contributed by atoms with E-state index in [0.29, 0.717) is 13.2 Å². The van der Waals surface area contributed by atoms with Crippen molar-refractivity contribution < 1.29 is 9.84 Å². The van der Waals surface area contributed by atoms with Gasteiger partial charge in [-0.25, -0.2) is 0 Å². The van der Waals surface area contributed by atoms with Gasteiger partial charge in [0.2, 0.25) is 0 Å². The van der Waals surface area contributed by atoms with Gasteiger partial charge in [0.05, 0.1) is 12.2 Å². The SMILES string of the molecule is CCCOCC(C)(O)CNC. The van der Waals surface area contributed by atoms with Gasteiger partial charge in [0.15, 0.2) is 0 Å². The van der Waals surface area contributed by atoms with Gasteiger partial charge in [-0.1, -0.05) is 6.92 Å². The van der Waals surface area contributed by atoms with Crippen LogP contribution in [0.25, 0.3) is 0 Å². The second-order valence-corrected chi connectivity index (χ2v) is 3.08. The molecule has 0 aromatic heterocycles. The molecule has 0 aliphatic heterocycles. The van der Waals surface area contributed by atoms with E-state index >= 15 is 0 Å². The maximum Gasteiger partial charge on any atom is 0.0975 e. The third kappa shape index (κ3) is 6.28. The summed E-state index contributed by atoms with van der Waals surface area (Å²) in [5.74, 6) is 0. The standard InChI is InChI=1S/C8H19NO2/c1-4-5-11-7-8(2,10)6-9-3/h9-10H,4-7H2,1-3H3. The third-order valence-electron chi connectivity index (χ3n) is 1.32. The molecule has 0 rings (SSSR count). The van der Waals surface area contributed by atoms with Crippen molar-refractivity contribution in [1.82, 2.24) is 5.32 Å². The number of likely N-dealkylation sites (N-methyl/N-ethyl adjacent to an activating group) is 1. The van der Waals surface area contributed by atoms with Gasteiger partial charge in [-0.3, -0.25) is 0 Å². The first-order valence-electron chi connectivity index (χ1n) is 4.07. The highest BCUT2D eigenvalue weighted by Crippen LogP contribution is 2.01. The van der Waals surface area contributed by atoms with Gasteiger partial charge in [0.25, 0.3) is 0 Å². The highest BCUT2D eigenvalue weighted by molar-refractivity contribution is 4.73. The van der Waals surface area contributed by atoms with Crippen molar-refractivity contribution in [3.63, 3.8) is 0 Å². The monoisotopic (exact) mass is 161 g/mol. The fourth-order valence-corrected chi connectivity index (χ4v) is 0.868. The maximum absolute atomic E-state index is 9.55. The van der Waals surface area contributed by atoms with Crippen LogP contribution >= 0.6 is 0 Å². The molecule has 0 aliphatic carbocycles. The Hall–Kier alpha value is -0.120. The Labute approximate surface area is 68.8 Å². The summed E-state index contributed by atoms with van der Waals surface area (Å²) in [6.07, 6.45) is 0.996. The molecule has 0 aromatic carbocycles. The molecule has 2 N–H and O–H groups in total. The summed E-state index contributed by atoms with van der Waals surface area (Å²) in [4.78, 5) is 0. The van der Waals surface area contributed by atoms with Crippen LogP contribution in [-0.4, -0.2) is 37.5 Å². The molecular weight excluding hydrogens is 142 g/mol. The van der Waals surface area contributed by atoms with E-state index in [1.165, 1.54) is 0 Å². The summed E-state index contributed by atoms with van der Waals surface area (Å²) in [6, 6.07) is 0. The van der Waals surface area contributed by atoms with Crippen LogP contribution < -0.4 is 5.32 Å². The molecule has 0 saturated carbocycles. The molecule has 3 nitrogen and oxygen atoms in total. The Morgan fingerprint density at radius 2 is 2.18 bits per heavy atom. The molecule has 1 unspecified atom stereocenters. The van der Waals surface area contributed by atoms with E-state index < -0.39 is 5.60 Å². The first kappa shape index (κ1) is 10.9. The molecule has 0 bridgehead atoms. The lowest BCUT2D eigenvalue weighted by Gasteiger charge is -2.22. The van der Waals surface area contributed by atoms with Gasteiger partial charge in [-0.15, -0.1) is 0 Å².